The van der Waals surface area contributed by atoms with Gasteiger partial charge in [-0.1, -0.05) is 0 Å². The molecule has 1 aromatic rings. The van der Waals surface area contributed by atoms with Crippen LogP contribution in [0, 0.1) is 0 Å². The molecule has 1 amide bonds. The van der Waals surface area contributed by atoms with E-state index in [-0.39, 0.29) is 24.4 Å². The smallest absolute Gasteiger partial charge is 0.251 e. The Labute approximate surface area is 127 Å². The summed E-state index contributed by atoms with van der Waals surface area (Å²) in [6.45, 7) is 1.89. The first-order chi connectivity index (χ1) is 8.70. The molecule has 0 radical (unpaired) electrons. The van der Waals surface area contributed by atoms with Gasteiger partial charge in [0.25, 0.3) is 5.91 Å². The molecule has 1 fully saturated rings. The average Bonchev–Trinajstić information content (AvgIpc) is 2.39. The first-order valence-electron chi connectivity index (χ1n) is 6.06. The average molecular weight is 350 g/mol. The lowest BCUT2D eigenvalue weighted by Gasteiger charge is -2.23. The minimum atomic E-state index is -0.0351. The lowest BCUT2D eigenvalue weighted by Crippen LogP contribution is -2.45. The van der Waals surface area contributed by atoms with Crippen molar-refractivity contribution in [1.82, 2.24) is 10.6 Å². The fourth-order valence-electron chi connectivity index (χ4n) is 2.05. The van der Waals surface area contributed by atoms with Gasteiger partial charge in [0.05, 0.1) is 11.6 Å². The fraction of sp³-hybridized carbons (Fsp3) is 0.462. The third-order valence-electron chi connectivity index (χ3n) is 3.05. The van der Waals surface area contributed by atoms with E-state index in [1.165, 1.54) is 0 Å². The molecule has 0 aromatic heterocycles. The number of piperidine rings is 1. The van der Waals surface area contributed by atoms with E-state index in [0.29, 0.717) is 5.56 Å². The van der Waals surface area contributed by atoms with E-state index in [1.807, 2.05) is 0 Å². The summed E-state index contributed by atoms with van der Waals surface area (Å²) in [6, 6.07) is 5.57. The van der Waals surface area contributed by atoms with Crippen molar-refractivity contribution in [3.63, 3.8) is 0 Å². The van der Waals surface area contributed by atoms with Crippen LogP contribution in [-0.2, 0) is 0 Å². The van der Waals surface area contributed by atoms with Gasteiger partial charge >= 0.3 is 0 Å². The zero-order valence-corrected chi connectivity index (χ0v) is 13.1. The van der Waals surface area contributed by atoms with Gasteiger partial charge in [-0.2, -0.15) is 0 Å². The maximum Gasteiger partial charge on any atom is 0.251 e. The Kier molecular flexibility index (Phi) is 6.62. The molecule has 1 atom stereocenters. The molecule has 106 valence electrons. The standard InChI is InChI=1S/C13H17BrN2O2.ClH/c1-18-12-5-4-9(7-11(12)14)13(17)16-10-3-2-6-15-8-10;/h4-5,7,10,15H,2-3,6,8H2,1H3,(H,16,17);1H. The van der Waals surface area contributed by atoms with Crippen LogP contribution in [0.3, 0.4) is 0 Å². The molecule has 6 heteroatoms. The van der Waals surface area contributed by atoms with E-state index >= 15 is 0 Å². The molecule has 1 unspecified atom stereocenters. The second-order valence-corrected chi connectivity index (χ2v) is 5.22. The van der Waals surface area contributed by atoms with Crippen LogP contribution in [0.25, 0.3) is 0 Å². The summed E-state index contributed by atoms with van der Waals surface area (Å²) in [5, 5.41) is 6.31. The lowest BCUT2D eigenvalue weighted by molar-refractivity contribution is 0.0930. The van der Waals surface area contributed by atoms with Gasteiger partial charge in [0.1, 0.15) is 5.75 Å². The van der Waals surface area contributed by atoms with Gasteiger partial charge in [0.15, 0.2) is 0 Å². The largest absolute Gasteiger partial charge is 0.496 e. The van der Waals surface area contributed by atoms with Crippen LogP contribution in [0.2, 0.25) is 0 Å². The number of rotatable bonds is 3. The number of halogens is 2. The number of hydrogen-bond acceptors (Lipinski definition) is 3. The second-order valence-electron chi connectivity index (χ2n) is 4.37. The van der Waals surface area contributed by atoms with Crippen LogP contribution in [0.5, 0.6) is 5.75 Å². The summed E-state index contributed by atoms with van der Waals surface area (Å²) < 4.78 is 5.93. The number of amides is 1. The van der Waals surface area contributed by atoms with Gasteiger partial charge in [-0.15, -0.1) is 12.4 Å². The van der Waals surface area contributed by atoms with Crippen LogP contribution in [-0.4, -0.2) is 32.1 Å². The number of ether oxygens (including phenoxy) is 1. The summed E-state index contributed by atoms with van der Waals surface area (Å²) >= 11 is 3.38. The van der Waals surface area contributed by atoms with Crippen LogP contribution < -0.4 is 15.4 Å². The summed E-state index contributed by atoms with van der Waals surface area (Å²) in [7, 11) is 1.60. The van der Waals surface area contributed by atoms with Crippen LogP contribution in [0.1, 0.15) is 23.2 Å². The van der Waals surface area contributed by atoms with Crippen molar-refractivity contribution in [2.45, 2.75) is 18.9 Å². The van der Waals surface area contributed by atoms with Gasteiger partial charge in [0, 0.05) is 18.2 Å². The predicted molar refractivity (Wildman–Crippen MR) is 81.3 cm³/mol. The third kappa shape index (κ3) is 4.37. The Morgan fingerprint density at radius 1 is 1.53 bits per heavy atom. The molecular weight excluding hydrogens is 332 g/mol. The second kappa shape index (κ2) is 7.72. The molecule has 1 heterocycles. The molecule has 1 aliphatic rings. The fourth-order valence-corrected chi connectivity index (χ4v) is 2.59. The summed E-state index contributed by atoms with van der Waals surface area (Å²) in [4.78, 5) is 12.1. The molecule has 1 saturated heterocycles. The number of carbonyl (C=O) groups is 1. The number of carbonyl (C=O) groups excluding carboxylic acids is 1. The zero-order chi connectivity index (χ0) is 13.0. The van der Waals surface area contributed by atoms with E-state index in [1.54, 1.807) is 25.3 Å². The molecule has 0 aliphatic carbocycles. The Morgan fingerprint density at radius 3 is 2.89 bits per heavy atom. The van der Waals surface area contributed by atoms with Crippen LogP contribution in [0.4, 0.5) is 0 Å². The lowest BCUT2D eigenvalue weighted by atomic mass is 10.1. The molecule has 2 N–H and O–H groups in total. The SMILES string of the molecule is COc1ccc(C(=O)NC2CCCNC2)cc1Br.Cl. The topological polar surface area (TPSA) is 50.4 Å². The minimum Gasteiger partial charge on any atom is -0.496 e. The molecule has 19 heavy (non-hydrogen) atoms. The highest BCUT2D eigenvalue weighted by Gasteiger charge is 2.16. The first kappa shape index (κ1) is 16.3. The van der Waals surface area contributed by atoms with Gasteiger partial charge in [-0.3, -0.25) is 4.79 Å². The molecule has 0 spiro atoms. The molecule has 0 saturated carbocycles. The number of methoxy groups -OCH3 is 1. The molecule has 1 aliphatic heterocycles. The maximum absolute atomic E-state index is 12.1. The van der Waals surface area contributed by atoms with Gasteiger partial charge < -0.3 is 15.4 Å². The van der Waals surface area contributed by atoms with Crippen molar-refractivity contribution in [1.29, 1.82) is 0 Å². The Morgan fingerprint density at radius 2 is 2.32 bits per heavy atom. The maximum atomic E-state index is 12.1. The molecular formula is C13H18BrClN2O2. The molecule has 2 rings (SSSR count). The number of nitrogens with one attached hydrogen (secondary N) is 2. The Bertz CT molecular complexity index is 437. The van der Waals surface area contributed by atoms with E-state index in [4.69, 9.17) is 4.74 Å². The van der Waals surface area contributed by atoms with E-state index < -0.39 is 0 Å². The van der Waals surface area contributed by atoms with Crippen molar-refractivity contribution >= 4 is 34.2 Å². The van der Waals surface area contributed by atoms with Crippen molar-refractivity contribution in [3.05, 3.63) is 28.2 Å². The summed E-state index contributed by atoms with van der Waals surface area (Å²) in [5.74, 6) is 0.693. The normalized spacial score (nSPS) is 18.3. The van der Waals surface area contributed by atoms with Gasteiger partial charge in [-0.05, 0) is 53.5 Å². The molecule has 4 nitrogen and oxygen atoms in total. The number of benzene rings is 1. The summed E-state index contributed by atoms with van der Waals surface area (Å²) in [6.07, 6.45) is 2.15. The van der Waals surface area contributed by atoms with Crippen molar-refractivity contribution in [2.75, 3.05) is 20.2 Å². The highest BCUT2D eigenvalue weighted by atomic mass is 79.9. The van der Waals surface area contributed by atoms with E-state index in [0.717, 1.165) is 36.2 Å². The van der Waals surface area contributed by atoms with E-state index in [9.17, 15) is 4.79 Å². The first-order valence-corrected chi connectivity index (χ1v) is 6.85. The summed E-state index contributed by atoms with van der Waals surface area (Å²) in [5.41, 5.74) is 0.647. The third-order valence-corrected chi connectivity index (χ3v) is 3.67. The predicted octanol–water partition coefficient (Wildman–Crippen LogP) is 2.36. The van der Waals surface area contributed by atoms with Gasteiger partial charge in [-0.25, -0.2) is 0 Å². The van der Waals surface area contributed by atoms with Crippen molar-refractivity contribution in [3.8, 4) is 5.75 Å². The highest BCUT2D eigenvalue weighted by Crippen LogP contribution is 2.25. The van der Waals surface area contributed by atoms with Gasteiger partial charge in [0.2, 0.25) is 0 Å². The van der Waals surface area contributed by atoms with Crippen molar-refractivity contribution in [2.24, 2.45) is 0 Å². The molecule has 1 aromatic carbocycles. The van der Waals surface area contributed by atoms with Crippen molar-refractivity contribution < 1.29 is 9.53 Å². The molecule has 0 bridgehead atoms. The Hall–Kier alpha value is -0.780. The highest BCUT2D eigenvalue weighted by molar-refractivity contribution is 9.10. The number of hydrogen-bond donors (Lipinski definition) is 2. The van der Waals surface area contributed by atoms with Crippen LogP contribution in [0.15, 0.2) is 22.7 Å². The Balaban J connectivity index is 0.00000180. The quantitative estimate of drug-likeness (QED) is 0.881. The zero-order valence-electron chi connectivity index (χ0n) is 10.7. The monoisotopic (exact) mass is 348 g/mol. The minimum absolute atomic E-state index is 0. The van der Waals surface area contributed by atoms with E-state index in [2.05, 4.69) is 26.6 Å². The van der Waals surface area contributed by atoms with Crippen LogP contribution >= 0.6 is 28.3 Å².